The van der Waals surface area contributed by atoms with Crippen molar-refractivity contribution in [1.82, 2.24) is 4.98 Å². The third-order valence-electron chi connectivity index (χ3n) is 2.48. The lowest BCUT2D eigenvalue weighted by atomic mass is 10.1. The third kappa shape index (κ3) is 2.68. The molecule has 2 aromatic rings. The van der Waals surface area contributed by atoms with Gasteiger partial charge in [-0.2, -0.15) is 0 Å². The summed E-state index contributed by atoms with van der Waals surface area (Å²) in [6.45, 7) is 3.83. The Morgan fingerprint density at radius 1 is 1.45 bits per heavy atom. The van der Waals surface area contributed by atoms with Gasteiger partial charge in [-0.15, -0.1) is 0 Å². The van der Waals surface area contributed by atoms with E-state index in [1.165, 1.54) is 6.07 Å². The highest BCUT2D eigenvalue weighted by atomic mass is 16.6. The van der Waals surface area contributed by atoms with Crippen LogP contribution in [0.4, 0.5) is 5.88 Å². The Kier molecular flexibility index (Phi) is 3.55. The minimum atomic E-state index is -1.24. The van der Waals surface area contributed by atoms with Gasteiger partial charge < -0.3 is 13.9 Å². The van der Waals surface area contributed by atoms with E-state index in [2.05, 4.69) is 4.98 Å². The van der Waals surface area contributed by atoms with Gasteiger partial charge in [0.25, 0.3) is 5.89 Å². The molecule has 0 fully saturated rings. The molecule has 0 spiro atoms. The van der Waals surface area contributed by atoms with Crippen LogP contribution in [0.25, 0.3) is 11.7 Å². The summed E-state index contributed by atoms with van der Waals surface area (Å²) in [4.78, 5) is 25.0. The van der Waals surface area contributed by atoms with E-state index < -0.39 is 16.8 Å². The van der Waals surface area contributed by atoms with Crippen LogP contribution in [0.5, 0.6) is 0 Å². The molecule has 8 heteroatoms. The van der Waals surface area contributed by atoms with Gasteiger partial charge in [0.05, 0.1) is 11.8 Å². The van der Waals surface area contributed by atoms with Gasteiger partial charge in [0.2, 0.25) is 5.76 Å². The van der Waals surface area contributed by atoms with Gasteiger partial charge >= 0.3 is 11.9 Å². The van der Waals surface area contributed by atoms with E-state index in [0.29, 0.717) is 12.1 Å². The third-order valence-corrected chi connectivity index (χ3v) is 2.48. The van der Waals surface area contributed by atoms with Gasteiger partial charge in [0, 0.05) is 0 Å². The topological polar surface area (TPSA) is 120 Å². The molecule has 2 rings (SSSR count). The molecular formula is C12H12N2O6. The Balaban J connectivity index is 2.41. The summed E-state index contributed by atoms with van der Waals surface area (Å²) in [6.07, 6.45) is 0.425. The zero-order valence-electron chi connectivity index (χ0n) is 10.8. The van der Waals surface area contributed by atoms with Crippen LogP contribution in [0.3, 0.4) is 0 Å². The first-order chi connectivity index (χ1) is 9.38. The number of nitrogens with zero attached hydrogens (tertiary/aromatic N) is 2. The summed E-state index contributed by atoms with van der Waals surface area (Å²) < 4.78 is 10.1. The fraction of sp³-hybridized carbons (Fsp3) is 0.333. The molecule has 0 amide bonds. The Morgan fingerprint density at radius 2 is 2.15 bits per heavy atom. The summed E-state index contributed by atoms with van der Waals surface area (Å²) in [5.74, 6) is -1.83. The van der Waals surface area contributed by atoms with Crippen molar-refractivity contribution in [2.75, 3.05) is 0 Å². The molecule has 0 aliphatic carbocycles. The number of aromatic nitrogens is 1. The number of carboxylic acids is 1. The zero-order chi connectivity index (χ0) is 14.9. The van der Waals surface area contributed by atoms with Crippen molar-refractivity contribution in [3.05, 3.63) is 33.7 Å². The lowest BCUT2D eigenvalue weighted by molar-refractivity contribution is -0.401. The predicted octanol–water partition coefficient (Wildman–Crippen LogP) is 2.74. The summed E-state index contributed by atoms with van der Waals surface area (Å²) in [6, 6.07) is 2.47. The number of aromatic carboxylic acids is 1. The minimum Gasteiger partial charge on any atom is -0.475 e. The molecule has 2 heterocycles. The molecule has 0 saturated heterocycles. The molecule has 1 N–H and O–H groups in total. The number of oxazole rings is 1. The van der Waals surface area contributed by atoms with Gasteiger partial charge in [0.15, 0.2) is 5.76 Å². The summed E-state index contributed by atoms with van der Waals surface area (Å²) in [5, 5.41) is 19.6. The SMILES string of the molecule is CC(C)Cc1nc(-c2ccc([N+](=O)[O-])o2)oc1C(=O)O. The number of hydrogen-bond donors (Lipinski definition) is 1. The van der Waals surface area contributed by atoms with Crippen LogP contribution in [0.2, 0.25) is 0 Å². The predicted molar refractivity (Wildman–Crippen MR) is 66.4 cm³/mol. The number of carboxylic acid groups (broad SMARTS) is 1. The lowest BCUT2D eigenvalue weighted by Crippen LogP contribution is -2.03. The molecule has 0 aromatic carbocycles. The van der Waals surface area contributed by atoms with E-state index in [4.69, 9.17) is 13.9 Å². The molecule has 0 unspecified atom stereocenters. The normalized spacial score (nSPS) is 10.9. The molecule has 2 aromatic heterocycles. The number of carbonyl (C=O) groups is 1. The first-order valence-electron chi connectivity index (χ1n) is 5.86. The molecule has 0 aliphatic rings. The molecule has 0 bridgehead atoms. The lowest BCUT2D eigenvalue weighted by Gasteiger charge is -1.99. The fourth-order valence-corrected chi connectivity index (χ4v) is 1.69. The standard InChI is InChI=1S/C12H12N2O6/c1-6(2)5-7-10(12(15)16)20-11(13-7)8-3-4-9(19-8)14(17)18/h3-4,6H,5H2,1-2H3,(H,15,16). The van der Waals surface area contributed by atoms with Gasteiger partial charge in [-0.05, 0) is 18.4 Å². The molecule has 0 atom stereocenters. The van der Waals surface area contributed by atoms with Crippen molar-refractivity contribution < 1.29 is 23.7 Å². The Hall–Kier alpha value is -2.64. The molecule has 106 valence electrons. The van der Waals surface area contributed by atoms with Crippen LogP contribution in [-0.2, 0) is 6.42 Å². The number of nitro groups is 1. The number of hydrogen-bond acceptors (Lipinski definition) is 6. The maximum atomic E-state index is 11.1. The highest BCUT2D eigenvalue weighted by molar-refractivity contribution is 5.86. The van der Waals surface area contributed by atoms with Crippen LogP contribution in [0.1, 0.15) is 30.1 Å². The van der Waals surface area contributed by atoms with Crippen LogP contribution in [-0.4, -0.2) is 21.0 Å². The van der Waals surface area contributed by atoms with E-state index >= 15 is 0 Å². The second-order valence-corrected chi connectivity index (χ2v) is 4.59. The molecule has 0 aliphatic heterocycles. The van der Waals surface area contributed by atoms with Crippen molar-refractivity contribution in [2.24, 2.45) is 5.92 Å². The van der Waals surface area contributed by atoms with E-state index in [-0.39, 0.29) is 23.3 Å². The largest absolute Gasteiger partial charge is 0.475 e. The van der Waals surface area contributed by atoms with Crippen molar-refractivity contribution in [3.8, 4) is 11.7 Å². The number of furan rings is 1. The molecule has 8 nitrogen and oxygen atoms in total. The van der Waals surface area contributed by atoms with Crippen molar-refractivity contribution in [2.45, 2.75) is 20.3 Å². The van der Waals surface area contributed by atoms with Crippen LogP contribution < -0.4 is 0 Å². The smallest absolute Gasteiger partial charge is 0.433 e. The molecule has 0 radical (unpaired) electrons. The Bertz CT molecular complexity index is 655. The van der Waals surface area contributed by atoms with Gasteiger partial charge in [0.1, 0.15) is 4.92 Å². The van der Waals surface area contributed by atoms with Gasteiger partial charge in [-0.3, -0.25) is 10.1 Å². The minimum absolute atomic E-state index is 0.0224. The first-order valence-corrected chi connectivity index (χ1v) is 5.86. The highest BCUT2D eigenvalue weighted by Gasteiger charge is 2.24. The molecular weight excluding hydrogens is 268 g/mol. The Morgan fingerprint density at radius 3 is 2.65 bits per heavy atom. The van der Waals surface area contributed by atoms with E-state index in [0.717, 1.165) is 6.07 Å². The van der Waals surface area contributed by atoms with Crippen molar-refractivity contribution in [1.29, 1.82) is 0 Å². The average molecular weight is 280 g/mol. The van der Waals surface area contributed by atoms with E-state index in [9.17, 15) is 14.9 Å². The summed E-state index contributed by atoms with van der Waals surface area (Å²) >= 11 is 0. The van der Waals surface area contributed by atoms with Crippen molar-refractivity contribution in [3.63, 3.8) is 0 Å². The van der Waals surface area contributed by atoms with Crippen molar-refractivity contribution >= 4 is 11.9 Å². The van der Waals surface area contributed by atoms with E-state index in [1.807, 2.05) is 13.8 Å². The molecule has 0 saturated carbocycles. The van der Waals surface area contributed by atoms with Gasteiger partial charge in [-0.25, -0.2) is 9.78 Å². The Labute approximate surface area is 113 Å². The van der Waals surface area contributed by atoms with Crippen LogP contribution in [0.15, 0.2) is 21.0 Å². The first kappa shape index (κ1) is 13.8. The quantitative estimate of drug-likeness (QED) is 0.660. The average Bonchev–Trinajstić information content (AvgIpc) is 2.93. The van der Waals surface area contributed by atoms with Gasteiger partial charge in [-0.1, -0.05) is 13.8 Å². The van der Waals surface area contributed by atoms with Crippen LogP contribution in [0, 0.1) is 16.0 Å². The fourth-order valence-electron chi connectivity index (χ4n) is 1.69. The second kappa shape index (κ2) is 5.16. The molecule has 20 heavy (non-hydrogen) atoms. The second-order valence-electron chi connectivity index (χ2n) is 4.59. The zero-order valence-corrected chi connectivity index (χ0v) is 10.8. The number of rotatable bonds is 5. The van der Waals surface area contributed by atoms with E-state index in [1.54, 1.807) is 0 Å². The highest BCUT2D eigenvalue weighted by Crippen LogP contribution is 2.28. The maximum Gasteiger partial charge on any atom is 0.433 e. The monoisotopic (exact) mass is 280 g/mol. The summed E-state index contributed by atoms with van der Waals surface area (Å²) in [5.41, 5.74) is 0.293. The maximum absolute atomic E-state index is 11.1. The van der Waals surface area contributed by atoms with Crippen LogP contribution >= 0.6 is 0 Å². The summed E-state index contributed by atoms with van der Waals surface area (Å²) in [7, 11) is 0.